The molecule has 0 saturated carbocycles. The van der Waals surface area contributed by atoms with Crippen molar-refractivity contribution >= 4 is 22.7 Å². The zero-order valence-corrected chi connectivity index (χ0v) is 16.5. The molecule has 0 fully saturated rings. The largest absolute Gasteiger partial charge is 0.573 e. The Balaban J connectivity index is 1.80. The van der Waals surface area contributed by atoms with Crippen LogP contribution in [0.25, 0.3) is 28.4 Å². The van der Waals surface area contributed by atoms with Crippen molar-refractivity contribution in [3.8, 4) is 17.5 Å². The fraction of sp³-hybridized carbons (Fsp3) is 0.136. The SMILES string of the molecule is Cc1nn(-c2ccccc2OC(F)(F)F)c(C)c1C=C(C#N)c1nc2ccccc2[nH]1. The molecule has 0 aliphatic carbocycles. The zero-order valence-electron chi connectivity index (χ0n) is 16.5. The van der Waals surface area contributed by atoms with Gasteiger partial charge in [-0.2, -0.15) is 10.4 Å². The van der Waals surface area contributed by atoms with Gasteiger partial charge in [0.2, 0.25) is 0 Å². The quantitative estimate of drug-likeness (QED) is 0.450. The summed E-state index contributed by atoms with van der Waals surface area (Å²) in [6, 6.07) is 15.3. The van der Waals surface area contributed by atoms with Gasteiger partial charge < -0.3 is 9.72 Å². The number of alkyl halides is 3. The third kappa shape index (κ3) is 4.00. The molecule has 2 aromatic carbocycles. The normalized spacial score (nSPS) is 12.2. The molecule has 0 amide bonds. The van der Waals surface area contributed by atoms with Crippen molar-refractivity contribution < 1.29 is 17.9 Å². The first-order chi connectivity index (χ1) is 14.8. The van der Waals surface area contributed by atoms with Gasteiger partial charge in [0.15, 0.2) is 5.75 Å². The molecule has 156 valence electrons. The molecule has 2 heterocycles. The number of ether oxygens (including phenoxy) is 1. The van der Waals surface area contributed by atoms with Gasteiger partial charge in [-0.05, 0) is 44.2 Å². The van der Waals surface area contributed by atoms with Crippen molar-refractivity contribution in [3.63, 3.8) is 0 Å². The van der Waals surface area contributed by atoms with Gasteiger partial charge in [-0.3, -0.25) is 0 Å². The molecule has 1 N–H and O–H groups in total. The van der Waals surface area contributed by atoms with Crippen molar-refractivity contribution in [1.82, 2.24) is 19.7 Å². The number of rotatable bonds is 4. The summed E-state index contributed by atoms with van der Waals surface area (Å²) in [7, 11) is 0. The minimum absolute atomic E-state index is 0.141. The van der Waals surface area contributed by atoms with Gasteiger partial charge in [0.05, 0.1) is 22.3 Å². The van der Waals surface area contributed by atoms with Gasteiger partial charge >= 0.3 is 6.36 Å². The number of hydrogen-bond donors (Lipinski definition) is 1. The summed E-state index contributed by atoms with van der Waals surface area (Å²) in [5.41, 5.74) is 3.65. The number of allylic oxidation sites excluding steroid dienone is 1. The Bertz CT molecular complexity index is 1310. The first-order valence-corrected chi connectivity index (χ1v) is 9.25. The molecule has 6 nitrogen and oxygen atoms in total. The lowest BCUT2D eigenvalue weighted by atomic mass is 10.1. The lowest BCUT2D eigenvalue weighted by Gasteiger charge is -2.14. The minimum Gasteiger partial charge on any atom is -0.403 e. The summed E-state index contributed by atoms with van der Waals surface area (Å²) in [6.45, 7) is 3.43. The molecular formula is C22H16F3N5O. The van der Waals surface area contributed by atoms with E-state index in [0.29, 0.717) is 22.8 Å². The summed E-state index contributed by atoms with van der Waals surface area (Å²) in [5, 5.41) is 14.1. The molecule has 0 unspecified atom stereocenters. The lowest BCUT2D eigenvalue weighted by molar-refractivity contribution is -0.274. The van der Waals surface area contributed by atoms with E-state index in [0.717, 1.165) is 11.0 Å². The van der Waals surface area contributed by atoms with Gasteiger partial charge in [0.25, 0.3) is 0 Å². The number of aryl methyl sites for hydroxylation is 1. The highest BCUT2D eigenvalue weighted by atomic mass is 19.4. The third-order valence-corrected chi connectivity index (χ3v) is 4.72. The number of H-pyrrole nitrogens is 1. The number of hydrogen-bond acceptors (Lipinski definition) is 4. The van der Waals surface area contributed by atoms with E-state index >= 15 is 0 Å². The molecular weight excluding hydrogens is 407 g/mol. The van der Waals surface area contributed by atoms with Crippen LogP contribution in [0.2, 0.25) is 0 Å². The van der Waals surface area contributed by atoms with E-state index in [1.54, 1.807) is 26.0 Å². The monoisotopic (exact) mass is 423 g/mol. The first-order valence-electron chi connectivity index (χ1n) is 9.25. The number of aromatic amines is 1. The highest BCUT2D eigenvalue weighted by molar-refractivity contribution is 5.91. The van der Waals surface area contributed by atoms with E-state index in [4.69, 9.17) is 0 Å². The maximum atomic E-state index is 12.8. The van der Waals surface area contributed by atoms with E-state index in [1.165, 1.54) is 22.9 Å². The highest BCUT2D eigenvalue weighted by Crippen LogP contribution is 2.31. The van der Waals surface area contributed by atoms with Crippen LogP contribution in [-0.4, -0.2) is 26.1 Å². The number of para-hydroxylation sites is 4. The van der Waals surface area contributed by atoms with Crippen LogP contribution in [0.1, 0.15) is 22.8 Å². The van der Waals surface area contributed by atoms with Crippen LogP contribution in [0.4, 0.5) is 13.2 Å². The summed E-state index contributed by atoms with van der Waals surface area (Å²) in [5.74, 6) is 0.0324. The molecule has 0 saturated heterocycles. The van der Waals surface area contributed by atoms with Crippen LogP contribution in [-0.2, 0) is 0 Å². The second-order valence-corrected chi connectivity index (χ2v) is 6.78. The molecule has 0 radical (unpaired) electrons. The standard InChI is InChI=1S/C22H16F3N5O/c1-13-16(11-15(12-26)21-27-17-7-3-4-8-18(17)28-21)14(2)30(29-13)19-9-5-6-10-20(19)31-22(23,24)25/h3-11H,1-2H3,(H,27,28). The Labute approximate surface area is 175 Å². The Kier molecular flexibility index (Phi) is 4.99. The maximum absolute atomic E-state index is 12.8. The number of nitriles is 1. The molecule has 4 aromatic rings. The zero-order chi connectivity index (χ0) is 22.2. The minimum atomic E-state index is -4.83. The number of benzene rings is 2. The summed E-state index contributed by atoms with van der Waals surface area (Å²) >= 11 is 0. The number of halogens is 3. The van der Waals surface area contributed by atoms with Crippen LogP contribution in [0, 0.1) is 25.2 Å². The predicted molar refractivity (Wildman–Crippen MR) is 109 cm³/mol. The Morgan fingerprint density at radius 1 is 1.13 bits per heavy atom. The second kappa shape index (κ2) is 7.65. The summed E-state index contributed by atoms with van der Waals surface area (Å²) in [6.07, 6.45) is -3.21. The molecule has 4 rings (SSSR count). The Hall–Kier alpha value is -4.06. The predicted octanol–water partition coefficient (Wildman–Crippen LogP) is 5.33. The Morgan fingerprint density at radius 3 is 2.55 bits per heavy atom. The third-order valence-electron chi connectivity index (χ3n) is 4.72. The molecule has 0 atom stereocenters. The number of aromatic nitrogens is 4. The number of nitrogens with zero attached hydrogens (tertiary/aromatic N) is 4. The van der Waals surface area contributed by atoms with Crippen molar-refractivity contribution in [2.75, 3.05) is 0 Å². The molecule has 0 aliphatic heterocycles. The van der Waals surface area contributed by atoms with E-state index in [9.17, 15) is 18.4 Å². The fourth-order valence-electron chi connectivity index (χ4n) is 3.32. The van der Waals surface area contributed by atoms with Gasteiger partial charge in [0, 0.05) is 11.3 Å². The average Bonchev–Trinajstić information content (AvgIpc) is 3.26. The number of nitrogens with one attached hydrogen (secondary N) is 1. The second-order valence-electron chi connectivity index (χ2n) is 6.78. The van der Waals surface area contributed by atoms with E-state index in [1.807, 2.05) is 24.3 Å². The van der Waals surface area contributed by atoms with Crippen molar-refractivity contribution in [2.45, 2.75) is 20.2 Å². The first kappa shape index (κ1) is 20.2. The van der Waals surface area contributed by atoms with Crippen LogP contribution in [0.5, 0.6) is 5.75 Å². The smallest absolute Gasteiger partial charge is 0.403 e. The molecule has 0 aliphatic rings. The summed E-state index contributed by atoms with van der Waals surface area (Å²) in [4.78, 5) is 7.55. The average molecular weight is 423 g/mol. The molecule has 0 spiro atoms. The number of fused-ring (bicyclic) bond motifs is 1. The Morgan fingerprint density at radius 2 is 1.84 bits per heavy atom. The van der Waals surface area contributed by atoms with Crippen LogP contribution >= 0.6 is 0 Å². The topological polar surface area (TPSA) is 79.5 Å². The van der Waals surface area contributed by atoms with Crippen LogP contribution < -0.4 is 4.74 Å². The van der Waals surface area contributed by atoms with Crippen LogP contribution in [0.3, 0.4) is 0 Å². The fourth-order valence-corrected chi connectivity index (χ4v) is 3.32. The summed E-state index contributed by atoms with van der Waals surface area (Å²) < 4.78 is 43.9. The van der Waals surface area contributed by atoms with Gasteiger partial charge in [-0.25, -0.2) is 9.67 Å². The van der Waals surface area contributed by atoms with E-state index in [2.05, 4.69) is 25.9 Å². The number of imidazole rings is 1. The van der Waals surface area contributed by atoms with E-state index < -0.39 is 6.36 Å². The lowest BCUT2D eigenvalue weighted by Crippen LogP contribution is -2.18. The van der Waals surface area contributed by atoms with Gasteiger partial charge in [0.1, 0.15) is 17.6 Å². The van der Waals surface area contributed by atoms with Gasteiger partial charge in [-0.15, -0.1) is 13.2 Å². The van der Waals surface area contributed by atoms with E-state index in [-0.39, 0.29) is 17.0 Å². The molecule has 0 bridgehead atoms. The molecule has 2 aromatic heterocycles. The van der Waals surface area contributed by atoms with Crippen molar-refractivity contribution in [3.05, 3.63) is 71.3 Å². The highest BCUT2D eigenvalue weighted by Gasteiger charge is 2.32. The van der Waals surface area contributed by atoms with Crippen molar-refractivity contribution in [2.24, 2.45) is 0 Å². The maximum Gasteiger partial charge on any atom is 0.573 e. The van der Waals surface area contributed by atoms with Crippen molar-refractivity contribution in [1.29, 1.82) is 5.26 Å². The molecule has 9 heteroatoms. The molecule has 31 heavy (non-hydrogen) atoms. The van der Waals surface area contributed by atoms with Gasteiger partial charge in [-0.1, -0.05) is 24.3 Å². The van der Waals surface area contributed by atoms with Crippen LogP contribution in [0.15, 0.2) is 48.5 Å².